The maximum Gasteiger partial charge on any atom is 0.312 e. The minimum Gasteiger partial charge on any atom is -0.466 e. The van der Waals surface area contributed by atoms with Crippen molar-refractivity contribution in [3.8, 4) is 0 Å². The van der Waals surface area contributed by atoms with Crippen molar-refractivity contribution in [2.24, 2.45) is 0 Å². The normalized spacial score (nSPS) is 17.9. The third-order valence-corrected chi connectivity index (χ3v) is 3.02. The van der Waals surface area contributed by atoms with Gasteiger partial charge in [0.1, 0.15) is 0 Å². The molecular weight excluding hydrogens is 236 g/mol. The highest BCUT2D eigenvalue weighted by Gasteiger charge is 2.34. The van der Waals surface area contributed by atoms with Crippen LogP contribution in [0.4, 0.5) is 0 Å². The lowest BCUT2D eigenvalue weighted by atomic mass is 10.1. The second kappa shape index (κ2) is 6.37. The number of rotatable bonds is 5. The molecule has 1 unspecified atom stereocenters. The van der Waals surface area contributed by atoms with E-state index < -0.39 is 11.8 Å². The molecule has 102 valence electrons. The average Bonchev–Trinajstić information content (AvgIpc) is 2.32. The standard InChI is InChI=1S/C12H20N2O4/c1-4-13-6-7-14(12(17)11(13)16)9(3)8-10(15)18-5-2/h9H,4-8H2,1-3H3. The Labute approximate surface area is 107 Å². The Morgan fingerprint density at radius 3 is 2.50 bits per heavy atom. The van der Waals surface area contributed by atoms with Gasteiger partial charge in [0.2, 0.25) is 0 Å². The molecule has 6 nitrogen and oxygen atoms in total. The highest BCUT2D eigenvalue weighted by atomic mass is 16.5. The van der Waals surface area contributed by atoms with E-state index in [4.69, 9.17) is 4.74 Å². The molecule has 0 radical (unpaired) electrons. The summed E-state index contributed by atoms with van der Waals surface area (Å²) in [7, 11) is 0. The summed E-state index contributed by atoms with van der Waals surface area (Å²) in [6.07, 6.45) is 0.124. The Kier molecular flexibility index (Phi) is 5.12. The second-order valence-corrected chi connectivity index (χ2v) is 4.24. The van der Waals surface area contributed by atoms with Gasteiger partial charge in [-0.2, -0.15) is 0 Å². The third kappa shape index (κ3) is 3.21. The van der Waals surface area contributed by atoms with Gasteiger partial charge in [-0.25, -0.2) is 0 Å². The first-order valence-corrected chi connectivity index (χ1v) is 6.26. The Bertz CT molecular complexity index is 343. The molecule has 0 aromatic rings. The molecule has 0 aliphatic carbocycles. The van der Waals surface area contributed by atoms with Crippen LogP contribution in [0.1, 0.15) is 27.2 Å². The van der Waals surface area contributed by atoms with Crippen LogP contribution in [0.3, 0.4) is 0 Å². The van der Waals surface area contributed by atoms with Gasteiger partial charge in [-0.15, -0.1) is 0 Å². The minimum atomic E-state index is -0.528. The average molecular weight is 256 g/mol. The Morgan fingerprint density at radius 1 is 1.28 bits per heavy atom. The van der Waals surface area contributed by atoms with Crippen LogP contribution in [0.5, 0.6) is 0 Å². The summed E-state index contributed by atoms with van der Waals surface area (Å²) in [4.78, 5) is 37.9. The zero-order valence-electron chi connectivity index (χ0n) is 11.1. The van der Waals surface area contributed by atoms with Crippen LogP contribution in [0, 0.1) is 0 Å². The number of ether oxygens (including phenoxy) is 1. The number of carbonyl (C=O) groups excluding carboxylic acids is 3. The quantitative estimate of drug-likeness (QED) is 0.513. The van der Waals surface area contributed by atoms with Gasteiger partial charge in [0.25, 0.3) is 0 Å². The molecule has 1 aliphatic heterocycles. The molecule has 1 aliphatic rings. The van der Waals surface area contributed by atoms with Crippen molar-refractivity contribution in [1.82, 2.24) is 9.80 Å². The van der Waals surface area contributed by atoms with Crippen molar-refractivity contribution >= 4 is 17.8 Å². The van der Waals surface area contributed by atoms with Gasteiger partial charge in [0.15, 0.2) is 0 Å². The van der Waals surface area contributed by atoms with E-state index in [-0.39, 0.29) is 18.4 Å². The first-order chi connectivity index (χ1) is 8.51. The predicted molar refractivity (Wildman–Crippen MR) is 64.7 cm³/mol. The van der Waals surface area contributed by atoms with Crippen LogP contribution in [0.15, 0.2) is 0 Å². The molecule has 0 bridgehead atoms. The van der Waals surface area contributed by atoms with E-state index in [1.807, 2.05) is 6.92 Å². The molecule has 6 heteroatoms. The van der Waals surface area contributed by atoms with Crippen molar-refractivity contribution in [3.05, 3.63) is 0 Å². The van der Waals surface area contributed by atoms with Gasteiger partial charge < -0.3 is 14.5 Å². The molecular formula is C12H20N2O4. The molecule has 0 aromatic heterocycles. The summed E-state index contributed by atoms with van der Waals surface area (Å²) in [6.45, 7) is 7.17. The van der Waals surface area contributed by atoms with Crippen LogP contribution >= 0.6 is 0 Å². The van der Waals surface area contributed by atoms with Crippen molar-refractivity contribution in [3.63, 3.8) is 0 Å². The van der Waals surface area contributed by atoms with Gasteiger partial charge in [-0.3, -0.25) is 14.4 Å². The Morgan fingerprint density at radius 2 is 1.94 bits per heavy atom. The first-order valence-electron chi connectivity index (χ1n) is 6.26. The molecule has 1 fully saturated rings. The fraction of sp³-hybridized carbons (Fsp3) is 0.750. The van der Waals surface area contributed by atoms with Gasteiger partial charge in [0.05, 0.1) is 13.0 Å². The smallest absolute Gasteiger partial charge is 0.312 e. The zero-order valence-corrected chi connectivity index (χ0v) is 11.1. The van der Waals surface area contributed by atoms with Crippen molar-refractivity contribution in [2.75, 3.05) is 26.2 Å². The SMILES string of the molecule is CCOC(=O)CC(C)N1CCN(CC)C(=O)C1=O. The summed E-state index contributed by atoms with van der Waals surface area (Å²) in [5.41, 5.74) is 0. The Balaban J connectivity index is 2.59. The van der Waals surface area contributed by atoms with Gasteiger partial charge >= 0.3 is 17.8 Å². The van der Waals surface area contributed by atoms with E-state index in [0.29, 0.717) is 26.2 Å². The van der Waals surface area contributed by atoms with E-state index in [1.165, 1.54) is 9.80 Å². The van der Waals surface area contributed by atoms with Crippen molar-refractivity contribution < 1.29 is 19.1 Å². The predicted octanol–water partition coefficient (Wildman–Crippen LogP) is 0.0188. The molecule has 1 rings (SSSR count). The molecule has 18 heavy (non-hydrogen) atoms. The largest absolute Gasteiger partial charge is 0.466 e. The number of piperazine rings is 1. The molecule has 1 saturated heterocycles. The molecule has 0 aromatic carbocycles. The number of nitrogens with zero attached hydrogens (tertiary/aromatic N) is 2. The van der Waals surface area contributed by atoms with Gasteiger partial charge in [-0.1, -0.05) is 0 Å². The highest BCUT2D eigenvalue weighted by Crippen LogP contribution is 2.12. The molecule has 2 amide bonds. The summed E-state index contributed by atoms with van der Waals surface area (Å²) in [5, 5.41) is 0. The number of hydrogen-bond acceptors (Lipinski definition) is 4. The fourth-order valence-corrected chi connectivity index (χ4v) is 1.98. The summed E-state index contributed by atoms with van der Waals surface area (Å²) < 4.78 is 4.84. The summed E-state index contributed by atoms with van der Waals surface area (Å²) >= 11 is 0. The van der Waals surface area contributed by atoms with Crippen LogP contribution < -0.4 is 0 Å². The van der Waals surface area contributed by atoms with Crippen LogP contribution in [0.25, 0.3) is 0 Å². The Hall–Kier alpha value is -1.59. The number of hydrogen-bond donors (Lipinski definition) is 0. The lowest BCUT2D eigenvalue weighted by molar-refractivity contribution is -0.158. The maximum atomic E-state index is 11.9. The molecule has 0 N–H and O–H groups in total. The van der Waals surface area contributed by atoms with E-state index in [1.54, 1.807) is 13.8 Å². The number of carbonyl (C=O) groups is 3. The molecule has 1 atom stereocenters. The molecule has 1 heterocycles. The van der Waals surface area contributed by atoms with Crippen LogP contribution in [-0.4, -0.2) is 59.9 Å². The fourth-order valence-electron chi connectivity index (χ4n) is 1.98. The topological polar surface area (TPSA) is 66.9 Å². The molecule has 0 saturated carbocycles. The van der Waals surface area contributed by atoms with E-state index in [9.17, 15) is 14.4 Å². The number of esters is 1. The first kappa shape index (κ1) is 14.5. The minimum absolute atomic E-state index is 0.124. The number of likely N-dealkylation sites (N-methyl/N-ethyl adjacent to an activating group) is 1. The van der Waals surface area contributed by atoms with Crippen LogP contribution in [0.2, 0.25) is 0 Å². The van der Waals surface area contributed by atoms with E-state index in [2.05, 4.69) is 0 Å². The summed E-state index contributed by atoms with van der Waals surface area (Å²) in [5.74, 6) is -1.36. The lowest BCUT2D eigenvalue weighted by Gasteiger charge is -2.36. The maximum absolute atomic E-state index is 11.9. The van der Waals surface area contributed by atoms with E-state index >= 15 is 0 Å². The summed E-state index contributed by atoms with van der Waals surface area (Å²) in [6, 6.07) is -0.306. The monoisotopic (exact) mass is 256 g/mol. The van der Waals surface area contributed by atoms with Gasteiger partial charge in [-0.05, 0) is 20.8 Å². The zero-order chi connectivity index (χ0) is 13.7. The second-order valence-electron chi connectivity index (χ2n) is 4.24. The van der Waals surface area contributed by atoms with Crippen LogP contribution in [-0.2, 0) is 19.1 Å². The van der Waals surface area contributed by atoms with Crippen molar-refractivity contribution in [2.45, 2.75) is 33.2 Å². The third-order valence-electron chi connectivity index (χ3n) is 3.02. The van der Waals surface area contributed by atoms with Crippen molar-refractivity contribution in [1.29, 1.82) is 0 Å². The highest BCUT2D eigenvalue weighted by molar-refractivity contribution is 6.35. The molecule has 0 spiro atoms. The number of amides is 2. The van der Waals surface area contributed by atoms with Gasteiger partial charge in [0, 0.05) is 25.7 Å². The van der Waals surface area contributed by atoms with E-state index in [0.717, 1.165) is 0 Å². The lowest BCUT2D eigenvalue weighted by Crippen LogP contribution is -2.56.